The number of fused-ring (bicyclic) bond motifs is 1. The highest BCUT2D eigenvalue weighted by atomic mass is 16.2. The fourth-order valence-electron chi connectivity index (χ4n) is 6.10. The van der Waals surface area contributed by atoms with Crippen LogP contribution in [0.5, 0.6) is 0 Å². The van der Waals surface area contributed by atoms with Gasteiger partial charge >= 0.3 is 0 Å². The van der Waals surface area contributed by atoms with Crippen LogP contribution >= 0.6 is 0 Å². The van der Waals surface area contributed by atoms with Crippen molar-refractivity contribution < 1.29 is 9.59 Å². The zero-order valence-electron chi connectivity index (χ0n) is 23.0. The van der Waals surface area contributed by atoms with Crippen LogP contribution in [0.25, 0.3) is 11.6 Å². The molecule has 208 valence electrons. The molecule has 5 rings (SSSR count). The van der Waals surface area contributed by atoms with E-state index in [4.69, 9.17) is 5.84 Å². The molecule has 4 aliphatic rings. The molecular formula is C30H41N7O2. The molecule has 0 saturated carbocycles. The average Bonchev–Trinajstić information content (AvgIpc) is 3.65. The molecule has 2 atom stereocenters. The third-order valence-electron chi connectivity index (χ3n) is 8.17. The smallest absolute Gasteiger partial charge is 0.250 e. The molecule has 0 radical (unpaired) electrons. The lowest BCUT2D eigenvalue weighted by molar-refractivity contribution is -0.128. The molecule has 39 heavy (non-hydrogen) atoms. The molecule has 1 aromatic carbocycles. The Hall–Kier alpha value is -3.46. The van der Waals surface area contributed by atoms with Gasteiger partial charge in [0.2, 0.25) is 11.8 Å². The number of carbonyl (C=O) groups excluding carboxylic acids is 2. The molecule has 4 N–H and O–H groups in total. The second-order valence-electron chi connectivity index (χ2n) is 11.0. The van der Waals surface area contributed by atoms with Crippen molar-refractivity contribution in [3.05, 3.63) is 52.6 Å². The van der Waals surface area contributed by atoms with Crippen LogP contribution in [0.2, 0.25) is 0 Å². The number of benzene rings is 1. The van der Waals surface area contributed by atoms with Crippen LogP contribution in [-0.2, 0) is 9.59 Å². The third-order valence-corrected chi connectivity index (χ3v) is 8.17. The fourth-order valence-corrected chi connectivity index (χ4v) is 6.10. The molecule has 2 fully saturated rings. The van der Waals surface area contributed by atoms with Crippen LogP contribution in [-0.4, -0.2) is 66.5 Å². The molecule has 0 bridgehead atoms. The summed E-state index contributed by atoms with van der Waals surface area (Å²) in [6.45, 7) is 6.31. The molecule has 3 aliphatic heterocycles. The molecule has 3 heterocycles. The SMILES string of the molecule is CCCN(CC1CCCN1)C(=O)C1=Cc2ccc(C3=CC=C(C(=O)N4CCCC4)CC3)cc2NC(N=NN)C1. The lowest BCUT2D eigenvalue weighted by Crippen LogP contribution is -2.42. The Morgan fingerprint density at radius 3 is 2.67 bits per heavy atom. The summed E-state index contributed by atoms with van der Waals surface area (Å²) in [5.41, 5.74) is 5.74. The van der Waals surface area contributed by atoms with E-state index in [1.54, 1.807) is 0 Å². The molecule has 2 amide bonds. The number of likely N-dealkylation sites (tertiary alicyclic amines) is 1. The highest BCUT2D eigenvalue weighted by molar-refractivity contribution is 5.99. The largest absolute Gasteiger partial charge is 0.361 e. The van der Waals surface area contributed by atoms with Crippen LogP contribution in [0, 0.1) is 0 Å². The fraction of sp³-hybridized carbons (Fsp3) is 0.533. The predicted molar refractivity (Wildman–Crippen MR) is 154 cm³/mol. The van der Waals surface area contributed by atoms with Crippen LogP contribution < -0.4 is 16.5 Å². The number of carbonyl (C=O) groups is 2. The highest BCUT2D eigenvalue weighted by Gasteiger charge is 2.28. The normalized spacial score (nSPS) is 23.0. The lowest BCUT2D eigenvalue weighted by atomic mass is 9.91. The summed E-state index contributed by atoms with van der Waals surface area (Å²) in [5, 5.41) is 14.7. The Balaban J connectivity index is 1.38. The molecule has 9 heteroatoms. The first-order valence-corrected chi connectivity index (χ1v) is 14.5. The van der Waals surface area contributed by atoms with Gasteiger partial charge in [-0.25, -0.2) is 0 Å². The zero-order chi connectivity index (χ0) is 27.2. The Bertz CT molecular complexity index is 1190. The van der Waals surface area contributed by atoms with Gasteiger partial charge in [0.05, 0.1) is 0 Å². The van der Waals surface area contributed by atoms with Crippen molar-refractivity contribution >= 4 is 29.2 Å². The molecule has 2 saturated heterocycles. The number of amides is 2. The van der Waals surface area contributed by atoms with Crippen molar-refractivity contribution in [1.82, 2.24) is 15.1 Å². The minimum absolute atomic E-state index is 0.0526. The lowest BCUT2D eigenvalue weighted by Gasteiger charge is -2.27. The van der Waals surface area contributed by atoms with Gasteiger partial charge in [-0.2, -0.15) is 0 Å². The van der Waals surface area contributed by atoms with Gasteiger partial charge in [-0.15, -0.1) is 5.11 Å². The highest BCUT2D eigenvalue weighted by Crippen LogP contribution is 2.34. The minimum atomic E-state index is -0.431. The summed E-state index contributed by atoms with van der Waals surface area (Å²) in [7, 11) is 0. The van der Waals surface area contributed by atoms with Crippen LogP contribution in [0.3, 0.4) is 0 Å². The first-order valence-electron chi connectivity index (χ1n) is 14.5. The van der Waals surface area contributed by atoms with Crippen molar-refractivity contribution in [3.63, 3.8) is 0 Å². The van der Waals surface area contributed by atoms with E-state index >= 15 is 0 Å². The second-order valence-corrected chi connectivity index (χ2v) is 11.0. The van der Waals surface area contributed by atoms with E-state index in [0.29, 0.717) is 18.0 Å². The van der Waals surface area contributed by atoms with E-state index in [2.05, 4.69) is 52.2 Å². The maximum Gasteiger partial charge on any atom is 0.250 e. The number of anilines is 1. The maximum absolute atomic E-state index is 13.7. The standard InChI is InChI=1S/C30H41N7O2/c1-2-14-37(20-26-6-5-13-32-26)30(39)25-17-24-12-11-23(18-27(24)33-28(19-25)34-35-31)21-7-9-22(10-8-21)29(38)36-15-3-4-16-36/h7,9,11-12,17-18,26,28,32-33H,2-6,8,10,13-16,19-20H2,1H3,(H2,31,34). The first kappa shape index (κ1) is 27.1. The molecule has 2 unspecified atom stereocenters. The summed E-state index contributed by atoms with van der Waals surface area (Å²) in [4.78, 5) is 30.5. The number of nitrogens with one attached hydrogen (secondary N) is 2. The number of nitrogens with zero attached hydrogens (tertiary/aromatic N) is 4. The minimum Gasteiger partial charge on any atom is -0.361 e. The van der Waals surface area contributed by atoms with Crippen molar-refractivity contribution in [1.29, 1.82) is 0 Å². The third kappa shape index (κ3) is 6.41. The van der Waals surface area contributed by atoms with Gasteiger partial charge in [-0.05, 0) is 80.3 Å². The molecule has 0 spiro atoms. The predicted octanol–water partition coefficient (Wildman–Crippen LogP) is 4.25. The first-order chi connectivity index (χ1) is 19.1. The van der Waals surface area contributed by atoms with Crippen molar-refractivity contribution in [3.8, 4) is 0 Å². The molecule has 1 aliphatic carbocycles. The maximum atomic E-state index is 13.7. The topological polar surface area (TPSA) is 115 Å². The average molecular weight is 532 g/mol. The quantitative estimate of drug-likeness (QED) is 0.263. The van der Waals surface area contributed by atoms with Crippen molar-refractivity contribution in [2.24, 2.45) is 16.2 Å². The van der Waals surface area contributed by atoms with E-state index in [0.717, 1.165) is 100 Å². The van der Waals surface area contributed by atoms with Crippen LogP contribution in [0.1, 0.15) is 69.4 Å². The zero-order valence-corrected chi connectivity index (χ0v) is 23.0. The van der Waals surface area contributed by atoms with Crippen LogP contribution in [0.4, 0.5) is 5.69 Å². The van der Waals surface area contributed by atoms with E-state index < -0.39 is 6.17 Å². The number of hydrogen-bond donors (Lipinski definition) is 3. The van der Waals surface area contributed by atoms with Crippen molar-refractivity contribution in [2.75, 3.05) is 38.0 Å². The molecule has 9 nitrogen and oxygen atoms in total. The number of allylic oxidation sites excluding steroid dienone is 3. The van der Waals surface area contributed by atoms with E-state index in [9.17, 15) is 9.59 Å². The van der Waals surface area contributed by atoms with E-state index in [-0.39, 0.29) is 11.8 Å². The van der Waals surface area contributed by atoms with Gasteiger partial charge in [-0.3, -0.25) is 9.59 Å². The number of hydrogen-bond acceptors (Lipinski definition) is 6. The summed E-state index contributed by atoms with van der Waals surface area (Å²) >= 11 is 0. The van der Waals surface area contributed by atoms with Gasteiger partial charge in [-0.1, -0.05) is 36.4 Å². The summed E-state index contributed by atoms with van der Waals surface area (Å²) in [6, 6.07) is 6.62. The van der Waals surface area contributed by atoms with Gasteiger partial charge in [0.1, 0.15) is 6.17 Å². The Labute approximate surface area is 231 Å². The summed E-state index contributed by atoms with van der Waals surface area (Å²) < 4.78 is 0. The van der Waals surface area contributed by atoms with Gasteiger partial charge in [0.15, 0.2) is 0 Å². The van der Waals surface area contributed by atoms with Crippen LogP contribution in [0.15, 0.2) is 51.8 Å². The Kier molecular flexibility index (Phi) is 8.76. The molecule has 0 aromatic heterocycles. The molecular weight excluding hydrogens is 490 g/mol. The number of rotatable bonds is 8. The van der Waals surface area contributed by atoms with Gasteiger partial charge in [0, 0.05) is 55.5 Å². The summed E-state index contributed by atoms with van der Waals surface area (Å²) in [6.07, 6.45) is 13.0. The van der Waals surface area contributed by atoms with E-state index in [1.807, 2.05) is 22.0 Å². The Morgan fingerprint density at radius 1 is 1.13 bits per heavy atom. The van der Waals surface area contributed by atoms with Gasteiger partial charge < -0.3 is 26.3 Å². The summed E-state index contributed by atoms with van der Waals surface area (Å²) in [5.74, 6) is 5.68. The second kappa shape index (κ2) is 12.6. The van der Waals surface area contributed by atoms with E-state index in [1.165, 1.54) is 5.57 Å². The molecule has 1 aromatic rings. The van der Waals surface area contributed by atoms with Crippen molar-refractivity contribution in [2.45, 2.75) is 70.5 Å². The monoisotopic (exact) mass is 531 g/mol. The Morgan fingerprint density at radius 2 is 1.97 bits per heavy atom. The number of nitrogens with two attached hydrogens (primary N) is 1. The van der Waals surface area contributed by atoms with Gasteiger partial charge in [0.25, 0.3) is 0 Å².